The molecule has 1 rings (SSSR count). The van der Waals surface area contributed by atoms with E-state index in [0.29, 0.717) is 0 Å². The molecule has 1 saturated heterocycles. The van der Waals surface area contributed by atoms with Crippen molar-refractivity contribution in [3.8, 4) is 0 Å². The summed E-state index contributed by atoms with van der Waals surface area (Å²) in [6.07, 6.45) is 0.954. The van der Waals surface area contributed by atoms with Crippen molar-refractivity contribution in [2.75, 3.05) is 7.05 Å². The number of nitrogens with zero attached hydrogens (tertiary/aromatic N) is 1. The first-order valence-electron chi connectivity index (χ1n) is 4.06. The first-order chi connectivity index (χ1) is 4.77. The van der Waals surface area contributed by atoms with Gasteiger partial charge in [-0.25, -0.2) is 0 Å². The zero-order chi connectivity index (χ0) is 8.86. The summed E-state index contributed by atoms with van der Waals surface area (Å²) in [4.78, 5) is 13.4. The molecule has 0 spiro atoms. The van der Waals surface area contributed by atoms with E-state index in [4.69, 9.17) is 0 Å². The predicted octanol–water partition coefficient (Wildman–Crippen LogP) is 1.65. The van der Waals surface area contributed by atoms with Gasteiger partial charge in [0.25, 0.3) is 0 Å². The maximum Gasteiger partial charge on any atom is 0.228 e. The van der Waals surface area contributed by atoms with Crippen LogP contribution in [0, 0.1) is 5.41 Å². The minimum absolute atomic E-state index is 0.0422. The Morgan fingerprint density at radius 3 is 1.82 bits per heavy atom. The van der Waals surface area contributed by atoms with Crippen LogP contribution in [0.2, 0.25) is 0 Å². The molecule has 1 fully saturated rings. The lowest BCUT2D eigenvalue weighted by molar-refractivity contribution is -0.135. The second-order valence-corrected chi connectivity index (χ2v) is 4.74. The van der Waals surface area contributed by atoms with E-state index in [1.807, 2.05) is 25.8 Å². The van der Waals surface area contributed by atoms with E-state index in [0.717, 1.165) is 6.42 Å². The number of carbonyl (C=O) groups excluding carboxylic acids is 1. The maximum atomic E-state index is 11.6. The number of carbonyl (C=O) groups is 1. The fraction of sp³-hybridized carbons (Fsp3) is 0.889. The molecule has 11 heavy (non-hydrogen) atoms. The normalized spacial score (nSPS) is 27.7. The van der Waals surface area contributed by atoms with E-state index in [1.165, 1.54) is 0 Å². The molecule has 1 aliphatic rings. The second-order valence-electron chi connectivity index (χ2n) is 4.74. The van der Waals surface area contributed by atoms with Crippen LogP contribution in [-0.2, 0) is 4.79 Å². The maximum absolute atomic E-state index is 11.6. The zero-order valence-corrected chi connectivity index (χ0v) is 8.06. The SMILES string of the molecule is CN1C(=O)C(C)(C)CC1(C)C. The monoisotopic (exact) mass is 155 g/mol. The molecule has 2 nitrogen and oxygen atoms in total. The third kappa shape index (κ3) is 1.15. The number of hydrogen-bond acceptors (Lipinski definition) is 1. The van der Waals surface area contributed by atoms with Gasteiger partial charge in [-0.2, -0.15) is 0 Å². The lowest BCUT2D eigenvalue weighted by Crippen LogP contribution is -2.37. The average molecular weight is 155 g/mol. The molecule has 0 saturated carbocycles. The summed E-state index contributed by atoms with van der Waals surface area (Å²) in [5.41, 5.74) is -0.112. The molecule has 64 valence electrons. The van der Waals surface area contributed by atoms with Crippen LogP contribution in [0.25, 0.3) is 0 Å². The lowest BCUT2D eigenvalue weighted by Gasteiger charge is -2.27. The molecular formula is C9H17NO. The zero-order valence-electron chi connectivity index (χ0n) is 8.06. The third-order valence-corrected chi connectivity index (χ3v) is 2.67. The Morgan fingerprint density at radius 2 is 1.73 bits per heavy atom. The minimum Gasteiger partial charge on any atom is -0.340 e. The van der Waals surface area contributed by atoms with Crippen LogP contribution >= 0.6 is 0 Å². The van der Waals surface area contributed by atoms with E-state index in [-0.39, 0.29) is 16.9 Å². The van der Waals surface area contributed by atoms with Gasteiger partial charge in [0.2, 0.25) is 5.91 Å². The summed E-state index contributed by atoms with van der Waals surface area (Å²) < 4.78 is 0. The molecule has 0 aromatic rings. The van der Waals surface area contributed by atoms with Gasteiger partial charge in [0.15, 0.2) is 0 Å². The highest BCUT2D eigenvalue weighted by atomic mass is 16.2. The summed E-state index contributed by atoms with van der Waals surface area (Å²) >= 11 is 0. The highest BCUT2D eigenvalue weighted by Crippen LogP contribution is 2.40. The van der Waals surface area contributed by atoms with Gasteiger partial charge in [-0.3, -0.25) is 4.79 Å². The summed E-state index contributed by atoms with van der Waals surface area (Å²) in [7, 11) is 1.89. The quantitative estimate of drug-likeness (QED) is 0.521. The van der Waals surface area contributed by atoms with Crippen LogP contribution in [0.5, 0.6) is 0 Å². The highest BCUT2D eigenvalue weighted by Gasteiger charge is 2.47. The number of likely N-dealkylation sites (tertiary alicyclic amines) is 1. The molecule has 1 heterocycles. The highest BCUT2D eigenvalue weighted by molar-refractivity contribution is 5.85. The van der Waals surface area contributed by atoms with Gasteiger partial charge in [0, 0.05) is 18.0 Å². The Labute approximate surface area is 68.6 Å². The molecule has 1 amide bonds. The van der Waals surface area contributed by atoms with Gasteiger partial charge in [0.1, 0.15) is 0 Å². The summed E-state index contributed by atoms with van der Waals surface area (Å²) in [5.74, 6) is 0.266. The van der Waals surface area contributed by atoms with Gasteiger partial charge >= 0.3 is 0 Å². The van der Waals surface area contributed by atoms with Gasteiger partial charge in [-0.15, -0.1) is 0 Å². The molecule has 0 aromatic carbocycles. The van der Waals surface area contributed by atoms with Crippen LogP contribution < -0.4 is 0 Å². The van der Waals surface area contributed by atoms with Gasteiger partial charge in [-0.05, 0) is 20.3 Å². The second kappa shape index (κ2) is 1.99. The average Bonchev–Trinajstić information content (AvgIpc) is 1.91. The van der Waals surface area contributed by atoms with Crippen molar-refractivity contribution >= 4 is 5.91 Å². The third-order valence-electron chi connectivity index (χ3n) is 2.67. The predicted molar refractivity (Wildman–Crippen MR) is 45.2 cm³/mol. The van der Waals surface area contributed by atoms with Crippen molar-refractivity contribution in [2.24, 2.45) is 5.41 Å². The Kier molecular flexibility index (Phi) is 1.55. The molecule has 0 aliphatic carbocycles. The molecule has 0 radical (unpaired) electrons. The van der Waals surface area contributed by atoms with E-state index in [2.05, 4.69) is 13.8 Å². The van der Waals surface area contributed by atoms with Crippen molar-refractivity contribution in [1.29, 1.82) is 0 Å². The number of hydrogen-bond donors (Lipinski definition) is 0. The van der Waals surface area contributed by atoms with Crippen molar-refractivity contribution < 1.29 is 4.79 Å². The summed E-state index contributed by atoms with van der Waals surface area (Å²) in [6, 6.07) is 0. The van der Waals surface area contributed by atoms with Gasteiger partial charge < -0.3 is 4.90 Å². The topological polar surface area (TPSA) is 20.3 Å². The molecule has 0 atom stereocenters. The van der Waals surface area contributed by atoms with Crippen LogP contribution in [0.4, 0.5) is 0 Å². The van der Waals surface area contributed by atoms with Crippen LogP contribution in [-0.4, -0.2) is 23.4 Å². The van der Waals surface area contributed by atoms with E-state index >= 15 is 0 Å². The van der Waals surface area contributed by atoms with Crippen LogP contribution in [0.15, 0.2) is 0 Å². The molecule has 1 aliphatic heterocycles. The Balaban J connectivity index is 2.96. The Morgan fingerprint density at radius 1 is 1.27 bits per heavy atom. The molecular weight excluding hydrogens is 138 g/mol. The first-order valence-corrected chi connectivity index (χ1v) is 4.06. The Hall–Kier alpha value is -0.530. The largest absolute Gasteiger partial charge is 0.340 e. The van der Waals surface area contributed by atoms with Crippen molar-refractivity contribution in [3.63, 3.8) is 0 Å². The lowest BCUT2D eigenvalue weighted by atomic mass is 9.85. The fourth-order valence-corrected chi connectivity index (χ4v) is 2.00. The minimum atomic E-state index is -0.155. The summed E-state index contributed by atoms with van der Waals surface area (Å²) in [6.45, 7) is 8.25. The fourth-order valence-electron chi connectivity index (χ4n) is 2.00. The molecule has 0 aromatic heterocycles. The molecule has 0 bridgehead atoms. The van der Waals surface area contributed by atoms with Gasteiger partial charge in [0.05, 0.1) is 0 Å². The standard InChI is InChI=1S/C9H17NO/c1-8(2)6-9(3,4)10(5)7(8)11/h6H2,1-5H3. The Bertz CT molecular complexity index is 194. The van der Waals surface area contributed by atoms with Crippen molar-refractivity contribution in [2.45, 2.75) is 39.7 Å². The molecule has 0 unspecified atom stereocenters. The molecule has 0 N–H and O–H groups in total. The first kappa shape index (κ1) is 8.57. The van der Waals surface area contributed by atoms with E-state index < -0.39 is 0 Å². The van der Waals surface area contributed by atoms with Crippen LogP contribution in [0.3, 0.4) is 0 Å². The summed E-state index contributed by atoms with van der Waals surface area (Å²) in [5, 5.41) is 0. The molecule has 2 heteroatoms. The van der Waals surface area contributed by atoms with Crippen LogP contribution in [0.1, 0.15) is 34.1 Å². The van der Waals surface area contributed by atoms with Gasteiger partial charge in [-0.1, -0.05) is 13.8 Å². The smallest absolute Gasteiger partial charge is 0.228 e. The van der Waals surface area contributed by atoms with E-state index in [9.17, 15) is 4.79 Å². The van der Waals surface area contributed by atoms with Crippen molar-refractivity contribution in [3.05, 3.63) is 0 Å². The van der Waals surface area contributed by atoms with Crippen molar-refractivity contribution in [1.82, 2.24) is 4.90 Å². The number of amides is 1. The number of rotatable bonds is 0. The van der Waals surface area contributed by atoms with E-state index in [1.54, 1.807) is 0 Å².